The molecule has 3 nitrogen and oxygen atoms in total. The SMILES string of the molecule is CCCCCC1COC(c2ccc(-c3ccc(OCCCC(F)(F)F)cc3)cc2)CO1. The highest BCUT2D eigenvalue weighted by Crippen LogP contribution is 2.28. The summed E-state index contributed by atoms with van der Waals surface area (Å²) in [5.41, 5.74) is 3.17. The van der Waals surface area contributed by atoms with E-state index in [4.69, 9.17) is 14.2 Å². The Hall–Kier alpha value is -2.05. The summed E-state index contributed by atoms with van der Waals surface area (Å²) >= 11 is 0. The lowest BCUT2D eigenvalue weighted by Crippen LogP contribution is -2.31. The van der Waals surface area contributed by atoms with Crippen LogP contribution in [0.4, 0.5) is 13.2 Å². The molecular formula is C25H31F3O3. The Labute approximate surface area is 182 Å². The molecule has 0 saturated carbocycles. The zero-order valence-corrected chi connectivity index (χ0v) is 18.0. The van der Waals surface area contributed by atoms with E-state index in [2.05, 4.69) is 19.1 Å². The van der Waals surface area contributed by atoms with Crippen molar-refractivity contribution < 1.29 is 27.4 Å². The van der Waals surface area contributed by atoms with Crippen LogP contribution >= 0.6 is 0 Å². The van der Waals surface area contributed by atoms with Gasteiger partial charge in [-0.25, -0.2) is 0 Å². The molecule has 0 N–H and O–H groups in total. The van der Waals surface area contributed by atoms with Crippen LogP contribution in [0.25, 0.3) is 11.1 Å². The van der Waals surface area contributed by atoms with E-state index in [9.17, 15) is 13.2 Å². The fourth-order valence-electron chi connectivity index (χ4n) is 3.62. The van der Waals surface area contributed by atoms with Gasteiger partial charge in [-0.2, -0.15) is 13.2 Å². The first-order valence-corrected chi connectivity index (χ1v) is 11.1. The second kappa shape index (κ2) is 11.5. The Morgan fingerprint density at radius 3 is 2.13 bits per heavy atom. The van der Waals surface area contributed by atoms with Gasteiger partial charge in [0.15, 0.2) is 0 Å². The van der Waals surface area contributed by atoms with Crippen molar-refractivity contribution in [1.29, 1.82) is 0 Å². The quantitative estimate of drug-likeness (QED) is 0.371. The van der Waals surface area contributed by atoms with Crippen LogP contribution in [0.15, 0.2) is 48.5 Å². The van der Waals surface area contributed by atoms with E-state index in [1.807, 2.05) is 24.3 Å². The second-order valence-corrected chi connectivity index (χ2v) is 7.99. The first kappa shape index (κ1) is 23.6. The number of halogens is 3. The number of rotatable bonds is 10. The van der Waals surface area contributed by atoms with E-state index in [0.717, 1.165) is 23.1 Å². The number of ether oxygens (including phenoxy) is 3. The van der Waals surface area contributed by atoms with Crippen LogP contribution < -0.4 is 4.74 Å². The molecule has 0 bridgehead atoms. The molecule has 0 aromatic heterocycles. The zero-order valence-electron chi connectivity index (χ0n) is 18.0. The molecule has 31 heavy (non-hydrogen) atoms. The van der Waals surface area contributed by atoms with Crippen LogP contribution in [-0.2, 0) is 9.47 Å². The number of unbranched alkanes of at least 4 members (excludes halogenated alkanes) is 2. The molecule has 1 aliphatic rings. The highest BCUT2D eigenvalue weighted by Gasteiger charge is 2.26. The molecule has 3 rings (SSSR count). The minimum absolute atomic E-state index is 0.0380. The van der Waals surface area contributed by atoms with Gasteiger partial charge in [0, 0.05) is 6.42 Å². The first-order chi connectivity index (χ1) is 14.9. The average molecular weight is 437 g/mol. The van der Waals surface area contributed by atoms with Crippen molar-refractivity contribution in [3.63, 3.8) is 0 Å². The highest BCUT2D eigenvalue weighted by atomic mass is 19.4. The predicted octanol–water partition coefficient (Wildman–Crippen LogP) is 7.11. The van der Waals surface area contributed by atoms with Crippen LogP contribution in [0, 0.1) is 0 Å². The van der Waals surface area contributed by atoms with Gasteiger partial charge in [-0.1, -0.05) is 62.6 Å². The summed E-state index contributed by atoms with van der Waals surface area (Å²) in [4.78, 5) is 0. The van der Waals surface area contributed by atoms with E-state index in [-0.39, 0.29) is 25.2 Å². The van der Waals surface area contributed by atoms with E-state index in [0.29, 0.717) is 19.0 Å². The summed E-state index contributed by atoms with van der Waals surface area (Å²) in [5.74, 6) is 0.573. The van der Waals surface area contributed by atoms with Crippen molar-refractivity contribution in [3.8, 4) is 16.9 Å². The van der Waals surface area contributed by atoms with Gasteiger partial charge < -0.3 is 14.2 Å². The lowest BCUT2D eigenvalue weighted by molar-refractivity contribution is -0.137. The second-order valence-electron chi connectivity index (χ2n) is 7.99. The molecule has 0 radical (unpaired) electrons. The fraction of sp³-hybridized carbons (Fsp3) is 0.520. The molecule has 0 spiro atoms. The molecule has 0 aliphatic carbocycles. The molecule has 0 amide bonds. The van der Waals surface area contributed by atoms with Crippen molar-refractivity contribution in [2.45, 2.75) is 63.8 Å². The number of hydrogen-bond donors (Lipinski definition) is 0. The molecule has 1 aliphatic heterocycles. The standard InChI is InChI=1S/C25H31F3O3/c1-2-3-4-6-23-17-31-24(18-30-23)21-9-7-19(8-10-21)20-11-13-22(14-12-20)29-16-5-15-25(26,27)28/h7-14,23-24H,2-6,15-18H2,1H3. The van der Waals surface area contributed by atoms with Crippen LogP contribution in [0.5, 0.6) is 5.75 Å². The fourth-order valence-corrected chi connectivity index (χ4v) is 3.62. The number of benzene rings is 2. The number of hydrogen-bond acceptors (Lipinski definition) is 3. The van der Waals surface area contributed by atoms with Crippen LogP contribution in [0.1, 0.15) is 57.1 Å². The van der Waals surface area contributed by atoms with Crippen molar-refractivity contribution in [1.82, 2.24) is 0 Å². The van der Waals surface area contributed by atoms with Crippen LogP contribution in [-0.4, -0.2) is 32.1 Å². The summed E-state index contributed by atoms with van der Waals surface area (Å²) in [6, 6.07) is 15.6. The minimum atomic E-state index is -4.13. The molecule has 1 saturated heterocycles. The summed E-state index contributed by atoms with van der Waals surface area (Å²) in [6.45, 7) is 3.47. The Morgan fingerprint density at radius 2 is 1.55 bits per heavy atom. The van der Waals surface area contributed by atoms with Crippen LogP contribution in [0.2, 0.25) is 0 Å². The minimum Gasteiger partial charge on any atom is -0.494 e. The van der Waals surface area contributed by atoms with Crippen molar-refractivity contribution >= 4 is 0 Å². The van der Waals surface area contributed by atoms with Gasteiger partial charge in [-0.05, 0) is 41.7 Å². The predicted molar refractivity (Wildman–Crippen MR) is 115 cm³/mol. The summed E-state index contributed by atoms with van der Waals surface area (Å²) in [7, 11) is 0. The Bertz CT molecular complexity index is 764. The Morgan fingerprint density at radius 1 is 0.871 bits per heavy atom. The monoisotopic (exact) mass is 436 g/mol. The van der Waals surface area contributed by atoms with Gasteiger partial charge in [0.05, 0.1) is 25.9 Å². The van der Waals surface area contributed by atoms with Crippen molar-refractivity contribution in [3.05, 3.63) is 54.1 Å². The molecule has 6 heteroatoms. The van der Waals surface area contributed by atoms with E-state index in [1.165, 1.54) is 19.3 Å². The van der Waals surface area contributed by atoms with Gasteiger partial charge in [0.2, 0.25) is 0 Å². The smallest absolute Gasteiger partial charge is 0.389 e. The van der Waals surface area contributed by atoms with Gasteiger partial charge >= 0.3 is 6.18 Å². The summed E-state index contributed by atoms with van der Waals surface area (Å²) in [6.07, 6.45) is -0.157. The van der Waals surface area contributed by atoms with E-state index in [1.54, 1.807) is 12.1 Å². The van der Waals surface area contributed by atoms with Crippen LogP contribution in [0.3, 0.4) is 0 Å². The zero-order chi connectivity index (χ0) is 22.1. The molecule has 1 fully saturated rings. The molecule has 1 heterocycles. The highest BCUT2D eigenvalue weighted by molar-refractivity contribution is 5.64. The van der Waals surface area contributed by atoms with Gasteiger partial charge in [0.1, 0.15) is 11.9 Å². The molecule has 2 aromatic rings. The van der Waals surface area contributed by atoms with Gasteiger partial charge in [-0.3, -0.25) is 0 Å². The third kappa shape index (κ3) is 7.86. The Kier molecular flexibility index (Phi) is 8.79. The molecular weight excluding hydrogens is 405 g/mol. The summed E-state index contributed by atoms with van der Waals surface area (Å²) < 4.78 is 53.9. The normalized spacial score (nSPS) is 19.4. The van der Waals surface area contributed by atoms with Crippen molar-refractivity contribution in [2.24, 2.45) is 0 Å². The third-order valence-corrected chi connectivity index (χ3v) is 5.44. The summed E-state index contributed by atoms with van der Waals surface area (Å²) in [5, 5.41) is 0. The van der Waals surface area contributed by atoms with Gasteiger partial charge in [0.25, 0.3) is 0 Å². The number of alkyl halides is 3. The van der Waals surface area contributed by atoms with E-state index >= 15 is 0 Å². The Balaban J connectivity index is 1.47. The maximum atomic E-state index is 12.2. The lowest BCUT2D eigenvalue weighted by Gasteiger charge is -2.30. The van der Waals surface area contributed by atoms with E-state index < -0.39 is 12.6 Å². The lowest BCUT2D eigenvalue weighted by atomic mass is 10.0. The third-order valence-electron chi connectivity index (χ3n) is 5.44. The maximum Gasteiger partial charge on any atom is 0.389 e. The maximum absolute atomic E-state index is 12.2. The first-order valence-electron chi connectivity index (χ1n) is 11.1. The molecule has 2 aromatic carbocycles. The largest absolute Gasteiger partial charge is 0.494 e. The average Bonchev–Trinajstić information content (AvgIpc) is 2.77. The molecule has 170 valence electrons. The molecule has 2 atom stereocenters. The van der Waals surface area contributed by atoms with Crippen molar-refractivity contribution in [2.75, 3.05) is 19.8 Å². The van der Waals surface area contributed by atoms with Gasteiger partial charge in [-0.15, -0.1) is 0 Å². The topological polar surface area (TPSA) is 27.7 Å². The molecule has 2 unspecified atom stereocenters.